The number of nitrogens with zero attached hydrogens (tertiary/aromatic N) is 2. The Bertz CT molecular complexity index is 1070. The summed E-state index contributed by atoms with van der Waals surface area (Å²) < 4.78 is 17.3. The first kappa shape index (κ1) is 20.7. The topological polar surface area (TPSA) is 76.8 Å². The van der Waals surface area contributed by atoms with E-state index in [1.165, 1.54) is 0 Å². The lowest BCUT2D eigenvalue weighted by atomic mass is 9.92. The van der Waals surface area contributed by atoms with Crippen molar-refractivity contribution in [3.8, 4) is 11.5 Å². The van der Waals surface area contributed by atoms with Gasteiger partial charge in [-0.15, -0.1) is 0 Å². The predicted molar refractivity (Wildman–Crippen MR) is 122 cm³/mol. The van der Waals surface area contributed by atoms with E-state index in [9.17, 15) is 4.79 Å². The first-order valence-electron chi connectivity index (χ1n) is 11.4. The van der Waals surface area contributed by atoms with Gasteiger partial charge in [-0.25, -0.2) is 0 Å². The summed E-state index contributed by atoms with van der Waals surface area (Å²) in [5.41, 5.74) is 2.70. The second kappa shape index (κ2) is 8.73. The van der Waals surface area contributed by atoms with E-state index in [1.54, 1.807) is 0 Å². The van der Waals surface area contributed by atoms with Crippen LogP contribution in [0.1, 0.15) is 38.3 Å². The molecule has 0 bridgehead atoms. The molecule has 2 aliphatic heterocycles. The zero-order chi connectivity index (χ0) is 22.1. The van der Waals surface area contributed by atoms with Gasteiger partial charge in [-0.05, 0) is 48.6 Å². The third-order valence-electron chi connectivity index (χ3n) is 6.31. The molecule has 32 heavy (non-hydrogen) atoms. The maximum absolute atomic E-state index is 13.1. The summed E-state index contributed by atoms with van der Waals surface area (Å²) in [6.07, 6.45) is 1.55. The third kappa shape index (κ3) is 4.11. The van der Waals surface area contributed by atoms with Crippen molar-refractivity contribution in [2.45, 2.75) is 32.7 Å². The largest absolute Gasteiger partial charge is 0.486 e. The number of hydrogen-bond donors (Lipinski definition) is 1. The molecule has 1 fully saturated rings. The van der Waals surface area contributed by atoms with E-state index in [0.29, 0.717) is 19.2 Å². The molecule has 1 saturated heterocycles. The second-order valence-corrected chi connectivity index (χ2v) is 8.86. The molecule has 7 heteroatoms. The molecule has 3 aromatic rings. The lowest BCUT2D eigenvalue weighted by Gasteiger charge is -2.32. The number of anilines is 1. The Morgan fingerprint density at radius 3 is 2.56 bits per heavy atom. The van der Waals surface area contributed by atoms with Crippen LogP contribution in [0.5, 0.6) is 11.5 Å². The fraction of sp³-hybridized carbons (Fsp3) is 0.440. The van der Waals surface area contributed by atoms with Crippen LogP contribution in [-0.2, 0) is 4.79 Å². The molecule has 0 saturated carbocycles. The molecule has 1 amide bonds. The molecule has 2 aromatic carbocycles. The van der Waals surface area contributed by atoms with Crippen molar-refractivity contribution in [2.75, 3.05) is 31.2 Å². The lowest BCUT2D eigenvalue weighted by molar-refractivity contribution is -0.126. The molecule has 0 aliphatic carbocycles. The minimum atomic E-state index is -0.0756. The Morgan fingerprint density at radius 2 is 1.81 bits per heavy atom. The summed E-state index contributed by atoms with van der Waals surface area (Å²) >= 11 is 0. The van der Waals surface area contributed by atoms with E-state index >= 15 is 0 Å². The number of oxazole rings is 1. The van der Waals surface area contributed by atoms with Crippen molar-refractivity contribution >= 4 is 23.0 Å². The number of rotatable bonds is 5. The standard InChI is InChI=1S/C25H29N3O4/c1-16(2)23(18-7-8-21-22(15-18)31-14-13-30-21)27-24(29)17-9-11-28(12-10-17)25-26-19-5-3-4-6-20(19)32-25/h3-8,15-17,23H,9-14H2,1-2H3,(H,27,29). The number of aromatic nitrogens is 1. The highest BCUT2D eigenvalue weighted by molar-refractivity contribution is 5.79. The average molecular weight is 436 g/mol. The molecule has 1 atom stereocenters. The number of nitrogens with one attached hydrogen (secondary N) is 1. The zero-order valence-corrected chi connectivity index (χ0v) is 18.5. The van der Waals surface area contributed by atoms with Gasteiger partial charge < -0.3 is 24.1 Å². The number of ether oxygens (including phenoxy) is 2. The van der Waals surface area contributed by atoms with E-state index in [-0.39, 0.29) is 23.8 Å². The summed E-state index contributed by atoms with van der Waals surface area (Å²) in [6, 6.07) is 14.3. The van der Waals surface area contributed by atoms with E-state index in [1.807, 2.05) is 42.5 Å². The van der Waals surface area contributed by atoms with E-state index in [0.717, 1.165) is 54.1 Å². The molecule has 1 aromatic heterocycles. The maximum atomic E-state index is 13.1. The maximum Gasteiger partial charge on any atom is 0.298 e. The fourth-order valence-electron chi connectivity index (χ4n) is 4.49. The predicted octanol–water partition coefficient (Wildman–Crippen LogP) is 4.33. The van der Waals surface area contributed by atoms with Gasteiger partial charge in [0, 0.05) is 19.0 Å². The molecular formula is C25H29N3O4. The molecule has 3 heterocycles. The lowest BCUT2D eigenvalue weighted by Crippen LogP contribution is -2.42. The Kier molecular flexibility index (Phi) is 5.64. The third-order valence-corrected chi connectivity index (χ3v) is 6.31. The monoisotopic (exact) mass is 435 g/mol. The van der Waals surface area contributed by atoms with Gasteiger partial charge in [-0.2, -0.15) is 4.98 Å². The number of carbonyl (C=O) groups is 1. The number of benzene rings is 2. The number of fused-ring (bicyclic) bond motifs is 2. The summed E-state index contributed by atoms with van der Waals surface area (Å²) in [6.45, 7) is 6.87. The molecule has 0 spiro atoms. The first-order chi connectivity index (χ1) is 15.6. The van der Waals surface area contributed by atoms with Crippen molar-refractivity contribution < 1.29 is 18.7 Å². The van der Waals surface area contributed by atoms with Gasteiger partial charge in [0.05, 0.1) is 6.04 Å². The van der Waals surface area contributed by atoms with Crippen LogP contribution in [-0.4, -0.2) is 37.2 Å². The number of amides is 1. The van der Waals surface area contributed by atoms with Crippen molar-refractivity contribution in [3.63, 3.8) is 0 Å². The summed E-state index contributed by atoms with van der Waals surface area (Å²) in [4.78, 5) is 19.9. The summed E-state index contributed by atoms with van der Waals surface area (Å²) in [7, 11) is 0. The number of carbonyl (C=O) groups excluding carboxylic acids is 1. The van der Waals surface area contributed by atoms with Crippen LogP contribution in [0.25, 0.3) is 11.1 Å². The fourth-order valence-corrected chi connectivity index (χ4v) is 4.49. The Hall–Kier alpha value is -3.22. The zero-order valence-electron chi connectivity index (χ0n) is 18.5. The molecule has 2 aliphatic rings. The molecule has 168 valence electrons. The van der Waals surface area contributed by atoms with Crippen LogP contribution in [0.15, 0.2) is 46.9 Å². The van der Waals surface area contributed by atoms with Crippen LogP contribution in [0.4, 0.5) is 6.01 Å². The highest BCUT2D eigenvalue weighted by Gasteiger charge is 2.30. The van der Waals surface area contributed by atoms with Crippen molar-refractivity contribution in [1.82, 2.24) is 10.3 Å². The van der Waals surface area contributed by atoms with Crippen molar-refractivity contribution in [1.29, 1.82) is 0 Å². The van der Waals surface area contributed by atoms with Gasteiger partial charge in [-0.3, -0.25) is 4.79 Å². The van der Waals surface area contributed by atoms with Crippen LogP contribution in [0, 0.1) is 11.8 Å². The van der Waals surface area contributed by atoms with Crippen molar-refractivity contribution in [3.05, 3.63) is 48.0 Å². The Morgan fingerprint density at radius 1 is 1.06 bits per heavy atom. The highest BCUT2D eigenvalue weighted by Crippen LogP contribution is 2.35. The van der Waals surface area contributed by atoms with Crippen LogP contribution >= 0.6 is 0 Å². The van der Waals surface area contributed by atoms with Crippen LogP contribution in [0.2, 0.25) is 0 Å². The van der Waals surface area contributed by atoms with Crippen LogP contribution < -0.4 is 19.7 Å². The molecule has 0 radical (unpaired) electrons. The van der Waals surface area contributed by atoms with Crippen LogP contribution in [0.3, 0.4) is 0 Å². The Labute approximate surface area is 187 Å². The molecule has 5 rings (SSSR count). The van der Waals surface area contributed by atoms with Gasteiger partial charge in [0.25, 0.3) is 6.01 Å². The second-order valence-electron chi connectivity index (χ2n) is 8.86. The molecule has 1 unspecified atom stereocenters. The number of hydrogen-bond acceptors (Lipinski definition) is 6. The van der Waals surface area contributed by atoms with E-state index in [4.69, 9.17) is 13.9 Å². The molecule has 1 N–H and O–H groups in total. The normalized spacial score (nSPS) is 17.5. The van der Waals surface area contributed by atoms with Crippen molar-refractivity contribution in [2.24, 2.45) is 11.8 Å². The summed E-state index contributed by atoms with van der Waals surface area (Å²) in [5.74, 6) is 1.85. The van der Waals surface area contributed by atoms with Gasteiger partial charge in [0.2, 0.25) is 5.91 Å². The van der Waals surface area contributed by atoms with E-state index < -0.39 is 0 Å². The minimum Gasteiger partial charge on any atom is -0.486 e. The number of piperidine rings is 1. The molecular weight excluding hydrogens is 406 g/mol. The quantitative estimate of drug-likeness (QED) is 0.643. The van der Waals surface area contributed by atoms with Gasteiger partial charge in [-0.1, -0.05) is 32.0 Å². The summed E-state index contributed by atoms with van der Waals surface area (Å²) in [5, 5.41) is 3.29. The molecule has 7 nitrogen and oxygen atoms in total. The minimum absolute atomic E-state index is 0.0194. The average Bonchev–Trinajstić information content (AvgIpc) is 3.26. The van der Waals surface area contributed by atoms with Gasteiger partial charge >= 0.3 is 0 Å². The Balaban J connectivity index is 1.23. The SMILES string of the molecule is CC(C)C(NC(=O)C1CCN(c2nc3ccccc3o2)CC1)c1ccc2c(c1)OCCO2. The van der Waals surface area contributed by atoms with E-state index in [2.05, 4.69) is 29.0 Å². The number of para-hydroxylation sites is 2. The van der Waals surface area contributed by atoms with Gasteiger partial charge in [0.1, 0.15) is 18.7 Å². The smallest absolute Gasteiger partial charge is 0.298 e. The first-order valence-corrected chi connectivity index (χ1v) is 11.4. The highest BCUT2D eigenvalue weighted by atomic mass is 16.6. The van der Waals surface area contributed by atoms with Gasteiger partial charge in [0.15, 0.2) is 17.1 Å².